The summed E-state index contributed by atoms with van der Waals surface area (Å²) in [6, 6.07) is 1.56. The lowest BCUT2D eigenvalue weighted by Gasteiger charge is -2.33. The summed E-state index contributed by atoms with van der Waals surface area (Å²) >= 11 is 0. The molecule has 0 saturated carbocycles. The fraction of sp³-hybridized carbons (Fsp3) is 0.500. The molecular weight excluding hydrogens is 336 g/mol. The molecule has 0 radical (unpaired) electrons. The van der Waals surface area contributed by atoms with Crippen molar-refractivity contribution >= 4 is 15.9 Å². The van der Waals surface area contributed by atoms with Gasteiger partial charge in [-0.1, -0.05) is 10.3 Å². The molecule has 3 rings (SSSR count). The Morgan fingerprint density at radius 2 is 1.75 bits per heavy atom. The fourth-order valence-corrected chi connectivity index (χ4v) is 4.45. The Bertz CT molecular complexity index is 842. The van der Waals surface area contributed by atoms with Crippen molar-refractivity contribution in [3.63, 3.8) is 0 Å². The van der Waals surface area contributed by atoms with Crippen LogP contribution in [0.4, 0.5) is 0 Å². The highest BCUT2D eigenvalue weighted by Gasteiger charge is 2.34. The van der Waals surface area contributed by atoms with E-state index in [-0.39, 0.29) is 48.4 Å². The van der Waals surface area contributed by atoms with Gasteiger partial charge in [0, 0.05) is 32.2 Å². The summed E-state index contributed by atoms with van der Waals surface area (Å²) in [6.07, 6.45) is 0. The van der Waals surface area contributed by atoms with E-state index in [1.807, 2.05) is 0 Å². The Labute approximate surface area is 139 Å². The number of piperazine rings is 1. The van der Waals surface area contributed by atoms with Gasteiger partial charge in [0.25, 0.3) is 5.91 Å². The number of sulfonamides is 1. The molecule has 1 amide bonds. The third-order valence-electron chi connectivity index (χ3n) is 3.94. The Morgan fingerprint density at radius 3 is 2.25 bits per heavy atom. The van der Waals surface area contributed by atoms with E-state index in [1.54, 1.807) is 31.7 Å². The van der Waals surface area contributed by atoms with Crippen LogP contribution in [0, 0.1) is 20.8 Å². The molecule has 1 aliphatic rings. The van der Waals surface area contributed by atoms with Crippen LogP contribution in [0.25, 0.3) is 0 Å². The number of rotatable bonds is 3. The van der Waals surface area contributed by atoms with Crippen molar-refractivity contribution in [3.05, 3.63) is 29.0 Å². The number of nitrogens with zero attached hydrogens (tertiary/aromatic N) is 4. The Balaban J connectivity index is 1.72. The zero-order valence-corrected chi connectivity index (χ0v) is 14.5. The van der Waals surface area contributed by atoms with Gasteiger partial charge in [-0.2, -0.15) is 4.31 Å². The second-order valence-corrected chi connectivity index (χ2v) is 7.55. The topological polar surface area (TPSA) is 110 Å². The minimum Gasteiger partial charge on any atom is -0.361 e. The van der Waals surface area contributed by atoms with E-state index in [4.69, 9.17) is 9.05 Å². The molecule has 1 fully saturated rings. The second-order valence-electron chi connectivity index (χ2n) is 5.67. The van der Waals surface area contributed by atoms with Gasteiger partial charge in [-0.25, -0.2) is 8.42 Å². The fourth-order valence-electron chi connectivity index (χ4n) is 2.73. The molecule has 0 aromatic carbocycles. The van der Waals surface area contributed by atoms with Gasteiger partial charge in [0.1, 0.15) is 16.3 Å². The molecule has 130 valence electrons. The predicted molar refractivity (Wildman–Crippen MR) is 81.9 cm³/mol. The molecule has 10 heteroatoms. The molecule has 1 saturated heterocycles. The van der Waals surface area contributed by atoms with Crippen LogP contribution >= 0.6 is 0 Å². The minimum atomic E-state index is -3.68. The molecule has 0 unspecified atom stereocenters. The van der Waals surface area contributed by atoms with Crippen LogP contribution in [0.3, 0.4) is 0 Å². The van der Waals surface area contributed by atoms with Gasteiger partial charge in [-0.15, -0.1) is 0 Å². The molecule has 0 atom stereocenters. The standard InChI is InChI=1S/C14H18N4O5S/c1-9-8-12(16-22-9)14(19)17-4-6-18(7-5-17)24(20,21)13-10(2)15-23-11(13)3/h8H,4-7H2,1-3H3. The molecule has 0 bridgehead atoms. The van der Waals surface area contributed by atoms with Crippen molar-refractivity contribution < 1.29 is 22.3 Å². The Hall–Kier alpha value is -2.20. The van der Waals surface area contributed by atoms with E-state index < -0.39 is 10.0 Å². The van der Waals surface area contributed by atoms with E-state index in [0.29, 0.717) is 11.5 Å². The van der Waals surface area contributed by atoms with Crippen LogP contribution in [0.5, 0.6) is 0 Å². The van der Waals surface area contributed by atoms with Crippen molar-refractivity contribution in [1.29, 1.82) is 0 Å². The maximum atomic E-state index is 12.7. The van der Waals surface area contributed by atoms with Crippen molar-refractivity contribution in [2.24, 2.45) is 0 Å². The smallest absolute Gasteiger partial charge is 0.276 e. The van der Waals surface area contributed by atoms with Crippen molar-refractivity contribution in [2.45, 2.75) is 25.7 Å². The van der Waals surface area contributed by atoms with Gasteiger partial charge in [0.2, 0.25) is 10.0 Å². The molecule has 3 heterocycles. The van der Waals surface area contributed by atoms with E-state index >= 15 is 0 Å². The summed E-state index contributed by atoms with van der Waals surface area (Å²) in [6.45, 7) is 5.85. The van der Waals surface area contributed by atoms with E-state index in [9.17, 15) is 13.2 Å². The largest absolute Gasteiger partial charge is 0.361 e. The Morgan fingerprint density at radius 1 is 1.08 bits per heavy atom. The number of aromatic nitrogens is 2. The first-order chi connectivity index (χ1) is 11.3. The lowest BCUT2D eigenvalue weighted by molar-refractivity contribution is 0.0687. The molecule has 24 heavy (non-hydrogen) atoms. The summed E-state index contributed by atoms with van der Waals surface area (Å²) in [5.74, 6) is 0.559. The number of carbonyl (C=O) groups is 1. The minimum absolute atomic E-state index is 0.106. The van der Waals surface area contributed by atoms with E-state index in [1.165, 1.54) is 4.31 Å². The van der Waals surface area contributed by atoms with Crippen LogP contribution in [-0.2, 0) is 10.0 Å². The summed E-state index contributed by atoms with van der Waals surface area (Å²) in [5.41, 5.74) is 0.568. The number of hydrogen-bond donors (Lipinski definition) is 0. The van der Waals surface area contributed by atoms with Gasteiger partial charge < -0.3 is 13.9 Å². The number of carbonyl (C=O) groups excluding carboxylic acids is 1. The molecule has 0 spiro atoms. The molecular formula is C14H18N4O5S. The van der Waals surface area contributed by atoms with Crippen LogP contribution in [0.2, 0.25) is 0 Å². The highest BCUT2D eigenvalue weighted by molar-refractivity contribution is 7.89. The molecule has 2 aromatic heterocycles. The highest BCUT2D eigenvalue weighted by Crippen LogP contribution is 2.24. The van der Waals surface area contributed by atoms with Crippen molar-refractivity contribution in [1.82, 2.24) is 19.5 Å². The average molecular weight is 354 g/mol. The monoisotopic (exact) mass is 354 g/mol. The van der Waals surface area contributed by atoms with Gasteiger partial charge in [-0.3, -0.25) is 4.79 Å². The van der Waals surface area contributed by atoms with Gasteiger partial charge in [0.15, 0.2) is 11.5 Å². The van der Waals surface area contributed by atoms with Crippen LogP contribution in [0.1, 0.15) is 27.7 Å². The molecule has 2 aromatic rings. The van der Waals surface area contributed by atoms with Crippen LogP contribution in [0.15, 0.2) is 20.0 Å². The first kappa shape index (κ1) is 16.7. The molecule has 9 nitrogen and oxygen atoms in total. The van der Waals surface area contributed by atoms with Gasteiger partial charge in [-0.05, 0) is 20.8 Å². The number of aryl methyl sites for hydroxylation is 3. The quantitative estimate of drug-likeness (QED) is 0.799. The van der Waals surface area contributed by atoms with Gasteiger partial charge >= 0.3 is 0 Å². The molecule has 1 aliphatic heterocycles. The van der Waals surface area contributed by atoms with E-state index in [0.717, 1.165) is 0 Å². The van der Waals surface area contributed by atoms with Crippen molar-refractivity contribution in [2.75, 3.05) is 26.2 Å². The van der Waals surface area contributed by atoms with E-state index in [2.05, 4.69) is 10.3 Å². The number of amides is 1. The summed E-state index contributed by atoms with van der Waals surface area (Å²) in [4.78, 5) is 14.0. The van der Waals surface area contributed by atoms with Crippen molar-refractivity contribution in [3.8, 4) is 0 Å². The summed E-state index contributed by atoms with van der Waals surface area (Å²) in [5, 5.41) is 7.40. The maximum absolute atomic E-state index is 12.7. The maximum Gasteiger partial charge on any atom is 0.276 e. The highest BCUT2D eigenvalue weighted by atomic mass is 32.2. The SMILES string of the molecule is Cc1cc(C(=O)N2CCN(S(=O)(=O)c3c(C)noc3C)CC2)no1. The first-order valence-corrected chi connectivity index (χ1v) is 8.90. The first-order valence-electron chi connectivity index (χ1n) is 7.46. The molecule has 0 N–H and O–H groups in total. The van der Waals surface area contributed by atoms with Gasteiger partial charge in [0.05, 0.1) is 0 Å². The zero-order chi connectivity index (χ0) is 17.5. The lowest BCUT2D eigenvalue weighted by atomic mass is 10.3. The lowest BCUT2D eigenvalue weighted by Crippen LogP contribution is -2.50. The zero-order valence-electron chi connectivity index (χ0n) is 13.6. The number of hydrogen-bond acceptors (Lipinski definition) is 7. The molecule has 0 aliphatic carbocycles. The second kappa shape index (κ2) is 6.02. The Kier molecular flexibility index (Phi) is 4.18. The average Bonchev–Trinajstić information content (AvgIpc) is 3.12. The van der Waals surface area contributed by atoms with Crippen LogP contribution < -0.4 is 0 Å². The summed E-state index contributed by atoms with van der Waals surface area (Å²) in [7, 11) is -3.68. The van der Waals surface area contributed by atoms with Crippen LogP contribution in [-0.4, -0.2) is 60.0 Å². The normalized spacial score (nSPS) is 16.5. The predicted octanol–water partition coefficient (Wildman–Crippen LogP) is 0.735. The summed E-state index contributed by atoms with van der Waals surface area (Å²) < 4.78 is 36.7. The third kappa shape index (κ3) is 2.82. The third-order valence-corrected chi connectivity index (χ3v) is 6.08.